The van der Waals surface area contributed by atoms with Gasteiger partial charge in [-0.2, -0.15) is 0 Å². The number of hydrogen-bond donors (Lipinski definition) is 1. The maximum atomic E-state index is 5.54. The molecule has 2 rings (SSSR count). The van der Waals surface area contributed by atoms with Crippen molar-refractivity contribution in [2.45, 2.75) is 6.42 Å². The highest BCUT2D eigenvalue weighted by Gasteiger charge is 2.04. The quantitative estimate of drug-likeness (QED) is 0.742. The molecule has 0 bridgehead atoms. The van der Waals surface area contributed by atoms with Crippen LogP contribution in [-0.2, 0) is 13.5 Å². The maximum absolute atomic E-state index is 5.54. The van der Waals surface area contributed by atoms with Gasteiger partial charge in [-0.1, -0.05) is 0 Å². The number of hydrogen-bond acceptors (Lipinski definition) is 2. The van der Waals surface area contributed by atoms with Crippen molar-refractivity contribution in [3.05, 3.63) is 30.2 Å². The predicted molar refractivity (Wildman–Crippen MR) is 53.5 cm³/mol. The van der Waals surface area contributed by atoms with E-state index in [4.69, 9.17) is 5.73 Å². The van der Waals surface area contributed by atoms with Crippen LogP contribution in [0, 0.1) is 0 Å². The van der Waals surface area contributed by atoms with E-state index in [2.05, 4.69) is 15.7 Å². The fourth-order valence-corrected chi connectivity index (χ4v) is 1.67. The van der Waals surface area contributed by atoms with Crippen LogP contribution in [0.2, 0.25) is 0 Å². The standard InChI is InChI=1S/C10H13N3/c1-13-7-8(2-4-11)9-3-5-12-6-10(9)13/h3,5-7H,2,4,11H2,1H3. The van der Waals surface area contributed by atoms with E-state index in [1.54, 1.807) is 0 Å². The van der Waals surface area contributed by atoms with Crippen molar-refractivity contribution in [1.29, 1.82) is 0 Å². The zero-order valence-corrected chi connectivity index (χ0v) is 7.70. The fraction of sp³-hybridized carbons (Fsp3) is 0.300. The maximum Gasteiger partial charge on any atom is 0.0666 e. The molecule has 0 aliphatic rings. The average molecular weight is 175 g/mol. The van der Waals surface area contributed by atoms with E-state index < -0.39 is 0 Å². The minimum absolute atomic E-state index is 0.696. The van der Waals surface area contributed by atoms with Gasteiger partial charge in [0, 0.05) is 24.8 Å². The molecule has 0 spiro atoms. The molecule has 0 unspecified atom stereocenters. The van der Waals surface area contributed by atoms with Crippen molar-refractivity contribution in [1.82, 2.24) is 9.55 Å². The van der Waals surface area contributed by atoms with Crippen LogP contribution in [0.25, 0.3) is 10.9 Å². The normalized spacial score (nSPS) is 10.9. The second-order valence-electron chi connectivity index (χ2n) is 3.20. The lowest BCUT2D eigenvalue weighted by Crippen LogP contribution is -2.01. The summed E-state index contributed by atoms with van der Waals surface area (Å²) in [6.45, 7) is 0.696. The molecule has 2 aromatic heterocycles. The van der Waals surface area contributed by atoms with Crippen LogP contribution in [0.3, 0.4) is 0 Å². The Morgan fingerprint density at radius 1 is 1.54 bits per heavy atom. The summed E-state index contributed by atoms with van der Waals surface area (Å²) in [5.41, 5.74) is 8.02. The summed E-state index contributed by atoms with van der Waals surface area (Å²) in [6.07, 6.45) is 6.76. The third-order valence-corrected chi connectivity index (χ3v) is 2.29. The summed E-state index contributed by atoms with van der Waals surface area (Å²) in [5.74, 6) is 0. The first-order valence-electron chi connectivity index (χ1n) is 4.41. The van der Waals surface area contributed by atoms with Crippen LogP contribution < -0.4 is 5.73 Å². The average Bonchev–Trinajstić information content (AvgIpc) is 2.46. The summed E-state index contributed by atoms with van der Waals surface area (Å²) in [7, 11) is 2.03. The molecule has 13 heavy (non-hydrogen) atoms. The highest BCUT2D eigenvalue weighted by Crippen LogP contribution is 2.18. The minimum atomic E-state index is 0.696. The van der Waals surface area contributed by atoms with Gasteiger partial charge in [-0.3, -0.25) is 4.98 Å². The molecule has 2 heterocycles. The van der Waals surface area contributed by atoms with Crippen molar-refractivity contribution in [3.8, 4) is 0 Å². The van der Waals surface area contributed by atoms with Crippen LogP contribution in [0.1, 0.15) is 5.56 Å². The van der Waals surface area contributed by atoms with E-state index in [0.29, 0.717) is 6.54 Å². The smallest absolute Gasteiger partial charge is 0.0666 e. The first-order chi connectivity index (χ1) is 6.33. The Bertz CT molecular complexity index is 417. The van der Waals surface area contributed by atoms with Crippen LogP contribution in [0.15, 0.2) is 24.7 Å². The molecule has 0 aromatic carbocycles. The third-order valence-electron chi connectivity index (χ3n) is 2.29. The molecular weight excluding hydrogens is 162 g/mol. The molecule has 0 aliphatic heterocycles. The lowest BCUT2D eigenvalue weighted by molar-refractivity contribution is 0.928. The number of aromatic nitrogens is 2. The second-order valence-corrected chi connectivity index (χ2v) is 3.20. The molecular formula is C10H13N3. The summed E-state index contributed by atoms with van der Waals surface area (Å²) in [5, 5.41) is 1.27. The lowest BCUT2D eigenvalue weighted by Gasteiger charge is -1.93. The molecule has 0 saturated heterocycles. The molecule has 3 nitrogen and oxygen atoms in total. The van der Waals surface area contributed by atoms with E-state index in [1.165, 1.54) is 16.5 Å². The van der Waals surface area contributed by atoms with Gasteiger partial charge in [0.25, 0.3) is 0 Å². The predicted octanol–water partition coefficient (Wildman–Crippen LogP) is 1.07. The van der Waals surface area contributed by atoms with Gasteiger partial charge in [0.1, 0.15) is 0 Å². The zero-order chi connectivity index (χ0) is 9.26. The lowest BCUT2D eigenvalue weighted by atomic mass is 10.1. The molecule has 0 saturated carbocycles. The molecule has 3 heteroatoms. The van der Waals surface area contributed by atoms with Gasteiger partial charge in [-0.25, -0.2) is 0 Å². The molecule has 68 valence electrons. The van der Waals surface area contributed by atoms with Crippen molar-refractivity contribution < 1.29 is 0 Å². The monoisotopic (exact) mass is 175 g/mol. The summed E-state index contributed by atoms with van der Waals surface area (Å²) < 4.78 is 2.09. The van der Waals surface area contributed by atoms with Gasteiger partial charge in [-0.15, -0.1) is 0 Å². The number of fused-ring (bicyclic) bond motifs is 1. The van der Waals surface area contributed by atoms with E-state index in [-0.39, 0.29) is 0 Å². The third kappa shape index (κ3) is 1.31. The Kier molecular flexibility index (Phi) is 2.02. The van der Waals surface area contributed by atoms with E-state index in [1.807, 2.05) is 25.5 Å². The topological polar surface area (TPSA) is 43.8 Å². The Morgan fingerprint density at radius 2 is 2.38 bits per heavy atom. The van der Waals surface area contributed by atoms with E-state index in [0.717, 1.165) is 6.42 Å². The van der Waals surface area contributed by atoms with Gasteiger partial charge in [0.15, 0.2) is 0 Å². The van der Waals surface area contributed by atoms with Crippen LogP contribution in [0.4, 0.5) is 0 Å². The molecule has 2 N–H and O–H groups in total. The van der Waals surface area contributed by atoms with Crippen molar-refractivity contribution >= 4 is 10.9 Å². The Morgan fingerprint density at radius 3 is 3.15 bits per heavy atom. The fourth-order valence-electron chi connectivity index (χ4n) is 1.67. The van der Waals surface area contributed by atoms with Gasteiger partial charge >= 0.3 is 0 Å². The number of aryl methyl sites for hydroxylation is 1. The summed E-state index contributed by atoms with van der Waals surface area (Å²) >= 11 is 0. The van der Waals surface area contributed by atoms with Gasteiger partial charge < -0.3 is 10.3 Å². The largest absolute Gasteiger partial charge is 0.349 e. The number of nitrogens with zero attached hydrogens (tertiary/aromatic N) is 2. The van der Waals surface area contributed by atoms with Crippen LogP contribution >= 0.6 is 0 Å². The van der Waals surface area contributed by atoms with Crippen LogP contribution in [-0.4, -0.2) is 16.1 Å². The number of rotatable bonds is 2. The molecule has 0 aliphatic carbocycles. The van der Waals surface area contributed by atoms with Gasteiger partial charge in [0.2, 0.25) is 0 Å². The Balaban J connectivity index is 2.63. The van der Waals surface area contributed by atoms with E-state index >= 15 is 0 Å². The summed E-state index contributed by atoms with van der Waals surface area (Å²) in [6, 6.07) is 2.04. The van der Waals surface area contributed by atoms with E-state index in [9.17, 15) is 0 Å². The molecule has 0 atom stereocenters. The van der Waals surface area contributed by atoms with Crippen molar-refractivity contribution in [2.75, 3.05) is 6.54 Å². The van der Waals surface area contributed by atoms with Crippen molar-refractivity contribution in [2.24, 2.45) is 12.8 Å². The Labute approximate surface area is 77.2 Å². The molecule has 2 aromatic rings. The zero-order valence-electron chi connectivity index (χ0n) is 7.70. The first-order valence-corrected chi connectivity index (χ1v) is 4.41. The van der Waals surface area contributed by atoms with Crippen molar-refractivity contribution in [3.63, 3.8) is 0 Å². The number of pyridine rings is 1. The van der Waals surface area contributed by atoms with Gasteiger partial charge in [0.05, 0.1) is 11.7 Å². The number of nitrogens with two attached hydrogens (primary N) is 1. The molecule has 0 radical (unpaired) electrons. The molecule has 0 fully saturated rings. The second kappa shape index (κ2) is 3.18. The minimum Gasteiger partial charge on any atom is -0.349 e. The SMILES string of the molecule is Cn1cc(CCN)c2ccncc21. The first kappa shape index (κ1) is 8.26. The Hall–Kier alpha value is -1.35. The molecule has 0 amide bonds. The van der Waals surface area contributed by atoms with Gasteiger partial charge in [-0.05, 0) is 24.6 Å². The highest BCUT2D eigenvalue weighted by molar-refractivity contribution is 5.82. The summed E-state index contributed by atoms with van der Waals surface area (Å²) in [4.78, 5) is 4.10. The highest BCUT2D eigenvalue weighted by atomic mass is 14.9. The van der Waals surface area contributed by atoms with Crippen LogP contribution in [0.5, 0.6) is 0 Å².